The Hall–Kier alpha value is -1.32. The zero-order valence-corrected chi connectivity index (χ0v) is 9.93. The van der Waals surface area contributed by atoms with Crippen molar-refractivity contribution in [3.05, 3.63) is 36.1 Å². The Bertz CT molecular complexity index is 487. The van der Waals surface area contributed by atoms with Crippen LogP contribution in [0.5, 0.6) is 0 Å². The molecule has 0 bridgehead atoms. The molecule has 0 saturated carbocycles. The molecule has 3 atom stereocenters. The minimum absolute atomic E-state index is 0.0626. The van der Waals surface area contributed by atoms with Crippen molar-refractivity contribution < 1.29 is 9.15 Å². The third kappa shape index (κ3) is 1.96. The van der Waals surface area contributed by atoms with E-state index in [9.17, 15) is 0 Å². The normalized spacial score (nSPS) is 26.5. The Kier molecular flexibility index (Phi) is 2.65. The summed E-state index contributed by atoms with van der Waals surface area (Å²) in [5.41, 5.74) is 7.16. The van der Waals surface area contributed by atoms with Crippen LogP contribution in [0.3, 0.4) is 0 Å². The van der Waals surface area contributed by atoms with Crippen molar-refractivity contribution in [2.24, 2.45) is 11.7 Å². The fourth-order valence-corrected chi connectivity index (χ4v) is 2.50. The predicted octanol–water partition coefficient (Wildman–Crippen LogP) is 2.86. The molecule has 0 spiro atoms. The van der Waals surface area contributed by atoms with Crippen LogP contribution in [0.1, 0.15) is 25.1 Å². The Morgan fingerprint density at radius 3 is 2.88 bits per heavy atom. The standard InChI is InChI=1S/C14H17NO2/c1-9-6-11(8-16-9)14(15)13-7-10-4-2-3-5-12(10)17-13/h2-5,7,9,11,14H,6,8,15H2,1H3. The molecule has 3 heteroatoms. The summed E-state index contributed by atoms with van der Waals surface area (Å²) in [6, 6.07) is 9.98. The van der Waals surface area contributed by atoms with Crippen LogP contribution < -0.4 is 5.73 Å². The van der Waals surface area contributed by atoms with Gasteiger partial charge in [-0.15, -0.1) is 0 Å². The van der Waals surface area contributed by atoms with E-state index in [4.69, 9.17) is 14.9 Å². The first-order valence-corrected chi connectivity index (χ1v) is 6.09. The van der Waals surface area contributed by atoms with Gasteiger partial charge in [0.05, 0.1) is 18.8 Å². The van der Waals surface area contributed by atoms with E-state index in [1.54, 1.807) is 0 Å². The summed E-state index contributed by atoms with van der Waals surface area (Å²) in [6.45, 7) is 2.82. The molecule has 0 amide bonds. The van der Waals surface area contributed by atoms with Gasteiger partial charge in [0, 0.05) is 11.3 Å². The van der Waals surface area contributed by atoms with Crippen molar-refractivity contribution in [1.29, 1.82) is 0 Å². The van der Waals surface area contributed by atoms with Crippen LogP contribution in [0.25, 0.3) is 11.0 Å². The van der Waals surface area contributed by atoms with Gasteiger partial charge >= 0.3 is 0 Å². The Balaban J connectivity index is 1.87. The number of furan rings is 1. The third-order valence-corrected chi connectivity index (χ3v) is 3.51. The van der Waals surface area contributed by atoms with Crippen molar-refractivity contribution in [3.8, 4) is 0 Å². The average Bonchev–Trinajstić information content (AvgIpc) is 2.93. The highest BCUT2D eigenvalue weighted by atomic mass is 16.5. The summed E-state index contributed by atoms with van der Waals surface area (Å²) in [4.78, 5) is 0. The molecule has 2 N–H and O–H groups in total. The van der Waals surface area contributed by atoms with Gasteiger partial charge in [0.15, 0.2) is 0 Å². The molecule has 1 aliphatic heterocycles. The van der Waals surface area contributed by atoms with Crippen molar-refractivity contribution in [2.45, 2.75) is 25.5 Å². The summed E-state index contributed by atoms with van der Waals surface area (Å²) in [5.74, 6) is 1.24. The molecule has 1 saturated heterocycles. The molecule has 1 aromatic heterocycles. The van der Waals surface area contributed by atoms with Gasteiger partial charge < -0.3 is 14.9 Å². The fraction of sp³-hybridized carbons (Fsp3) is 0.429. The monoisotopic (exact) mass is 231 g/mol. The van der Waals surface area contributed by atoms with E-state index in [2.05, 4.69) is 6.92 Å². The van der Waals surface area contributed by atoms with E-state index in [0.29, 0.717) is 12.0 Å². The quantitative estimate of drug-likeness (QED) is 0.864. The molecule has 2 heterocycles. The lowest BCUT2D eigenvalue weighted by atomic mass is 9.96. The maximum absolute atomic E-state index is 6.25. The number of hydrogen-bond acceptors (Lipinski definition) is 3. The zero-order valence-electron chi connectivity index (χ0n) is 9.93. The number of ether oxygens (including phenoxy) is 1. The minimum Gasteiger partial charge on any atom is -0.459 e. The van der Waals surface area contributed by atoms with Gasteiger partial charge in [-0.25, -0.2) is 0 Å². The van der Waals surface area contributed by atoms with E-state index in [1.807, 2.05) is 30.3 Å². The van der Waals surface area contributed by atoms with Gasteiger partial charge in [-0.1, -0.05) is 18.2 Å². The third-order valence-electron chi connectivity index (χ3n) is 3.51. The number of rotatable bonds is 2. The Morgan fingerprint density at radius 2 is 2.18 bits per heavy atom. The SMILES string of the molecule is CC1CC(C(N)c2cc3ccccc3o2)CO1. The molecule has 2 aromatic rings. The Morgan fingerprint density at radius 1 is 1.35 bits per heavy atom. The van der Waals surface area contributed by atoms with Crippen LogP contribution >= 0.6 is 0 Å². The number of hydrogen-bond donors (Lipinski definition) is 1. The van der Waals surface area contributed by atoms with Crippen molar-refractivity contribution in [1.82, 2.24) is 0 Å². The molecule has 1 aromatic carbocycles. The fourth-order valence-electron chi connectivity index (χ4n) is 2.50. The molecule has 17 heavy (non-hydrogen) atoms. The van der Waals surface area contributed by atoms with Gasteiger partial charge in [-0.05, 0) is 25.5 Å². The largest absolute Gasteiger partial charge is 0.459 e. The highest BCUT2D eigenvalue weighted by Crippen LogP contribution is 2.32. The second-order valence-corrected chi connectivity index (χ2v) is 4.85. The molecule has 3 unspecified atom stereocenters. The summed E-state index contributed by atoms with van der Waals surface area (Å²) in [6.07, 6.45) is 1.33. The first-order valence-electron chi connectivity index (χ1n) is 6.09. The first-order chi connectivity index (χ1) is 8.24. The van der Waals surface area contributed by atoms with Gasteiger partial charge in [-0.2, -0.15) is 0 Å². The molecule has 1 aliphatic rings. The number of nitrogens with two attached hydrogens (primary N) is 1. The van der Waals surface area contributed by atoms with Crippen LogP contribution in [-0.4, -0.2) is 12.7 Å². The average molecular weight is 231 g/mol. The molecule has 0 radical (unpaired) electrons. The zero-order chi connectivity index (χ0) is 11.8. The maximum atomic E-state index is 6.25. The molecule has 1 fully saturated rings. The van der Waals surface area contributed by atoms with Crippen LogP contribution in [0.4, 0.5) is 0 Å². The van der Waals surface area contributed by atoms with Gasteiger partial charge in [0.2, 0.25) is 0 Å². The second-order valence-electron chi connectivity index (χ2n) is 4.85. The van der Waals surface area contributed by atoms with Gasteiger partial charge in [0.25, 0.3) is 0 Å². The lowest BCUT2D eigenvalue weighted by molar-refractivity contribution is 0.117. The highest BCUT2D eigenvalue weighted by Gasteiger charge is 2.30. The Labute approximate surface area is 101 Å². The summed E-state index contributed by atoms with van der Waals surface area (Å²) < 4.78 is 11.4. The second kappa shape index (κ2) is 4.17. The summed E-state index contributed by atoms with van der Waals surface area (Å²) in [7, 11) is 0. The van der Waals surface area contributed by atoms with Crippen LogP contribution in [0.2, 0.25) is 0 Å². The van der Waals surface area contributed by atoms with Crippen molar-refractivity contribution in [2.75, 3.05) is 6.61 Å². The lowest BCUT2D eigenvalue weighted by Crippen LogP contribution is -2.21. The van der Waals surface area contributed by atoms with Crippen LogP contribution in [0.15, 0.2) is 34.7 Å². The van der Waals surface area contributed by atoms with Crippen LogP contribution in [-0.2, 0) is 4.74 Å². The van der Waals surface area contributed by atoms with Gasteiger partial charge in [0.1, 0.15) is 11.3 Å². The molecular weight excluding hydrogens is 214 g/mol. The minimum atomic E-state index is -0.0626. The highest BCUT2D eigenvalue weighted by molar-refractivity contribution is 5.77. The smallest absolute Gasteiger partial charge is 0.134 e. The van der Waals surface area contributed by atoms with E-state index in [0.717, 1.165) is 29.8 Å². The summed E-state index contributed by atoms with van der Waals surface area (Å²) >= 11 is 0. The summed E-state index contributed by atoms with van der Waals surface area (Å²) in [5, 5.41) is 1.12. The molecular formula is C14H17NO2. The van der Waals surface area contributed by atoms with Crippen molar-refractivity contribution >= 4 is 11.0 Å². The van der Waals surface area contributed by atoms with E-state index >= 15 is 0 Å². The van der Waals surface area contributed by atoms with Crippen molar-refractivity contribution in [3.63, 3.8) is 0 Å². The molecule has 90 valence electrons. The van der Waals surface area contributed by atoms with Crippen LogP contribution in [0, 0.1) is 5.92 Å². The van der Waals surface area contributed by atoms with Gasteiger partial charge in [-0.3, -0.25) is 0 Å². The maximum Gasteiger partial charge on any atom is 0.134 e. The van der Waals surface area contributed by atoms with E-state index in [1.165, 1.54) is 0 Å². The molecule has 0 aliphatic carbocycles. The number of benzene rings is 1. The number of para-hydroxylation sites is 1. The molecule has 3 nitrogen and oxygen atoms in total. The first kappa shape index (κ1) is 10.8. The predicted molar refractivity (Wildman–Crippen MR) is 66.7 cm³/mol. The van der Waals surface area contributed by atoms with E-state index < -0.39 is 0 Å². The number of fused-ring (bicyclic) bond motifs is 1. The lowest BCUT2D eigenvalue weighted by Gasteiger charge is -2.14. The topological polar surface area (TPSA) is 48.4 Å². The molecule has 3 rings (SSSR count). The van der Waals surface area contributed by atoms with E-state index in [-0.39, 0.29) is 6.04 Å².